The van der Waals surface area contributed by atoms with E-state index in [1.165, 1.54) is 43.5 Å². The van der Waals surface area contributed by atoms with Gasteiger partial charge in [0.05, 0.1) is 0 Å². The van der Waals surface area contributed by atoms with Crippen molar-refractivity contribution in [1.82, 2.24) is 4.90 Å². The van der Waals surface area contributed by atoms with Gasteiger partial charge < -0.3 is 5.32 Å². The van der Waals surface area contributed by atoms with E-state index >= 15 is 0 Å². The second-order valence-electron chi connectivity index (χ2n) is 6.79. The summed E-state index contributed by atoms with van der Waals surface area (Å²) in [5, 5.41) is 3.73. The summed E-state index contributed by atoms with van der Waals surface area (Å²) in [5.41, 5.74) is 2.74. The van der Waals surface area contributed by atoms with Crippen LogP contribution in [0.3, 0.4) is 0 Å². The summed E-state index contributed by atoms with van der Waals surface area (Å²) in [6.07, 6.45) is 5.33. The third-order valence-electron chi connectivity index (χ3n) is 5.10. The van der Waals surface area contributed by atoms with Crippen LogP contribution in [0.15, 0.2) is 24.3 Å². The zero-order valence-electron chi connectivity index (χ0n) is 13.1. The minimum Gasteiger partial charge on any atom is -0.381 e. The van der Waals surface area contributed by atoms with E-state index in [9.17, 15) is 0 Å². The zero-order valence-corrected chi connectivity index (χ0v) is 13.1. The first-order valence-corrected chi connectivity index (χ1v) is 8.29. The predicted molar refractivity (Wildman–Crippen MR) is 86.4 cm³/mol. The summed E-state index contributed by atoms with van der Waals surface area (Å²) in [5.74, 6) is 0.668. The highest BCUT2D eigenvalue weighted by Gasteiger charge is 2.38. The van der Waals surface area contributed by atoms with Gasteiger partial charge in [-0.2, -0.15) is 0 Å². The van der Waals surface area contributed by atoms with Crippen LogP contribution in [0.25, 0.3) is 0 Å². The van der Waals surface area contributed by atoms with Crippen molar-refractivity contribution in [2.45, 2.75) is 70.5 Å². The fourth-order valence-corrected chi connectivity index (χ4v) is 3.46. The zero-order chi connectivity index (χ0) is 14.1. The van der Waals surface area contributed by atoms with Crippen LogP contribution in [0.5, 0.6) is 0 Å². The Morgan fingerprint density at radius 3 is 2.55 bits per heavy atom. The lowest BCUT2D eigenvalue weighted by atomic mass is 9.98. The Labute approximate surface area is 123 Å². The molecule has 1 heterocycles. The van der Waals surface area contributed by atoms with Crippen LogP contribution in [0, 0.1) is 0 Å². The number of rotatable bonds is 5. The van der Waals surface area contributed by atoms with E-state index in [2.05, 4.69) is 55.3 Å². The molecule has 3 rings (SSSR count). The third kappa shape index (κ3) is 3.01. The van der Waals surface area contributed by atoms with Gasteiger partial charge in [0.1, 0.15) is 0 Å². The van der Waals surface area contributed by atoms with Gasteiger partial charge in [-0.25, -0.2) is 0 Å². The van der Waals surface area contributed by atoms with Crippen LogP contribution in [0.4, 0.5) is 5.69 Å². The molecular formula is C18H28N2. The quantitative estimate of drug-likeness (QED) is 0.862. The fraction of sp³-hybridized carbons (Fsp3) is 0.667. The third-order valence-corrected chi connectivity index (χ3v) is 5.10. The summed E-state index contributed by atoms with van der Waals surface area (Å²) >= 11 is 0. The van der Waals surface area contributed by atoms with Crippen molar-refractivity contribution in [3.63, 3.8) is 0 Å². The largest absolute Gasteiger partial charge is 0.381 e. The van der Waals surface area contributed by atoms with E-state index in [0.717, 1.165) is 12.1 Å². The Morgan fingerprint density at radius 2 is 1.95 bits per heavy atom. The van der Waals surface area contributed by atoms with E-state index in [1.54, 1.807) is 0 Å². The molecule has 1 aromatic rings. The van der Waals surface area contributed by atoms with Crippen LogP contribution in [-0.2, 0) is 0 Å². The molecule has 110 valence electrons. The second-order valence-corrected chi connectivity index (χ2v) is 6.79. The van der Waals surface area contributed by atoms with Crippen LogP contribution >= 0.6 is 0 Å². The van der Waals surface area contributed by atoms with Crippen molar-refractivity contribution < 1.29 is 0 Å². The van der Waals surface area contributed by atoms with Crippen LogP contribution < -0.4 is 5.32 Å². The molecule has 1 aromatic carbocycles. The topological polar surface area (TPSA) is 15.3 Å². The van der Waals surface area contributed by atoms with E-state index in [-0.39, 0.29) is 0 Å². The number of benzene rings is 1. The molecule has 20 heavy (non-hydrogen) atoms. The lowest BCUT2D eigenvalue weighted by molar-refractivity contribution is 0.257. The highest BCUT2D eigenvalue weighted by atomic mass is 15.3. The number of anilines is 1. The molecule has 0 amide bonds. The standard InChI is InChI=1S/C18H28N2/c1-4-13(2)15-5-7-16(8-6-15)19-17-11-14(3)20(12-17)18-9-10-18/h5-8,13-14,17-19H,4,9-12H2,1-3H3. The van der Waals surface area contributed by atoms with Gasteiger partial charge >= 0.3 is 0 Å². The Hall–Kier alpha value is -1.02. The molecule has 1 saturated carbocycles. The highest BCUT2D eigenvalue weighted by Crippen LogP contribution is 2.34. The van der Waals surface area contributed by atoms with Crippen molar-refractivity contribution in [2.24, 2.45) is 0 Å². The SMILES string of the molecule is CCC(C)c1ccc(NC2CC(C)N(C3CC3)C2)cc1. The van der Waals surface area contributed by atoms with Crippen LogP contribution in [0.1, 0.15) is 57.9 Å². The molecule has 1 aliphatic heterocycles. The smallest absolute Gasteiger partial charge is 0.0403 e. The number of hydrogen-bond acceptors (Lipinski definition) is 2. The molecule has 2 heteroatoms. The van der Waals surface area contributed by atoms with E-state index in [4.69, 9.17) is 0 Å². The summed E-state index contributed by atoms with van der Waals surface area (Å²) in [7, 11) is 0. The molecule has 0 bridgehead atoms. The molecule has 0 aromatic heterocycles. The van der Waals surface area contributed by atoms with Crippen LogP contribution in [0.2, 0.25) is 0 Å². The number of hydrogen-bond donors (Lipinski definition) is 1. The van der Waals surface area contributed by atoms with E-state index < -0.39 is 0 Å². The molecule has 0 spiro atoms. The van der Waals surface area contributed by atoms with Crippen molar-refractivity contribution >= 4 is 5.69 Å². The number of likely N-dealkylation sites (tertiary alicyclic amines) is 1. The first kappa shape index (κ1) is 13.9. The summed E-state index contributed by atoms with van der Waals surface area (Å²) in [4.78, 5) is 2.70. The van der Waals surface area contributed by atoms with Gasteiger partial charge in [-0.1, -0.05) is 26.0 Å². The molecule has 3 atom stereocenters. The van der Waals surface area contributed by atoms with Gasteiger partial charge in [0.25, 0.3) is 0 Å². The molecule has 0 radical (unpaired) electrons. The fourth-order valence-electron chi connectivity index (χ4n) is 3.46. The molecule has 3 unspecified atom stereocenters. The van der Waals surface area contributed by atoms with Gasteiger partial charge in [-0.15, -0.1) is 0 Å². The predicted octanol–water partition coefficient (Wildman–Crippen LogP) is 4.24. The van der Waals surface area contributed by atoms with Crippen molar-refractivity contribution in [3.8, 4) is 0 Å². The Kier molecular flexibility index (Phi) is 4.02. The maximum Gasteiger partial charge on any atom is 0.0403 e. The second kappa shape index (κ2) is 5.77. The Morgan fingerprint density at radius 1 is 1.25 bits per heavy atom. The monoisotopic (exact) mass is 272 g/mol. The number of nitrogens with one attached hydrogen (secondary N) is 1. The average molecular weight is 272 g/mol. The van der Waals surface area contributed by atoms with E-state index in [1.807, 2.05) is 0 Å². The molecular weight excluding hydrogens is 244 g/mol. The van der Waals surface area contributed by atoms with E-state index in [0.29, 0.717) is 12.0 Å². The lowest BCUT2D eigenvalue weighted by Gasteiger charge is -2.20. The number of nitrogens with zero attached hydrogens (tertiary/aromatic N) is 1. The molecule has 2 nitrogen and oxygen atoms in total. The Bertz CT molecular complexity index is 435. The first-order chi connectivity index (χ1) is 9.67. The van der Waals surface area contributed by atoms with Crippen LogP contribution in [-0.4, -0.2) is 29.6 Å². The minimum absolute atomic E-state index is 0.625. The normalized spacial score (nSPS) is 28.6. The molecule has 1 aliphatic carbocycles. The maximum atomic E-state index is 3.73. The first-order valence-electron chi connectivity index (χ1n) is 8.29. The minimum atomic E-state index is 0.625. The van der Waals surface area contributed by atoms with Crippen molar-refractivity contribution in [1.29, 1.82) is 0 Å². The molecule has 2 fully saturated rings. The lowest BCUT2D eigenvalue weighted by Crippen LogP contribution is -2.30. The molecule has 1 saturated heterocycles. The average Bonchev–Trinajstić information content (AvgIpc) is 3.23. The maximum absolute atomic E-state index is 3.73. The summed E-state index contributed by atoms with van der Waals surface area (Å²) in [6.45, 7) is 8.16. The Balaban J connectivity index is 1.58. The van der Waals surface area contributed by atoms with Gasteiger partial charge in [0.15, 0.2) is 0 Å². The van der Waals surface area contributed by atoms with Gasteiger partial charge in [-0.05, 0) is 56.2 Å². The van der Waals surface area contributed by atoms with Gasteiger partial charge in [0, 0.05) is 30.4 Å². The summed E-state index contributed by atoms with van der Waals surface area (Å²) in [6, 6.07) is 11.3. The van der Waals surface area contributed by atoms with Crippen molar-refractivity contribution in [2.75, 3.05) is 11.9 Å². The van der Waals surface area contributed by atoms with Gasteiger partial charge in [0.2, 0.25) is 0 Å². The summed E-state index contributed by atoms with van der Waals surface area (Å²) < 4.78 is 0. The highest BCUT2D eigenvalue weighted by molar-refractivity contribution is 5.46. The van der Waals surface area contributed by atoms with Crippen molar-refractivity contribution in [3.05, 3.63) is 29.8 Å². The molecule has 1 N–H and O–H groups in total. The van der Waals surface area contributed by atoms with Gasteiger partial charge in [-0.3, -0.25) is 4.90 Å². The molecule has 2 aliphatic rings.